The van der Waals surface area contributed by atoms with Crippen molar-refractivity contribution in [3.63, 3.8) is 0 Å². The number of hydrogen-bond donors (Lipinski definition) is 0. The highest BCUT2D eigenvalue weighted by Crippen LogP contribution is 2.38. The molecule has 1 heterocycles. The second kappa shape index (κ2) is 13.7. The number of benzene rings is 4. The van der Waals surface area contributed by atoms with E-state index in [-0.39, 0.29) is 23.2 Å². The molecule has 4 aromatic carbocycles. The summed E-state index contributed by atoms with van der Waals surface area (Å²) in [5, 5.41) is 0. The molecule has 0 aliphatic carbocycles. The van der Waals surface area contributed by atoms with Gasteiger partial charge in [0.15, 0.2) is 0 Å². The van der Waals surface area contributed by atoms with Crippen LogP contribution < -0.4 is 4.90 Å². The van der Waals surface area contributed by atoms with Crippen molar-refractivity contribution < 1.29 is 19.1 Å². The number of fused-ring (bicyclic) bond motifs is 1. The van der Waals surface area contributed by atoms with E-state index in [1.54, 1.807) is 43.3 Å². The summed E-state index contributed by atoms with van der Waals surface area (Å²) in [6.07, 6.45) is 1.35. The van der Waals surface area contributed by atoms with Gasteiger partial charge in [-0.1, -0.05) is 63.2 Å². The fourth-order valence-corrected chi connectivity index (χ4v) is 6.27. The van der Waals surface area contributed by atoms with Gasteiger partial charge in [-0.2, -0.15) is 0 Å². The number of amides is 2. The average Bonchev–Trinajstić information content (AvgIpc) is 3.30. The molecule has 0 N–H and O–H groups in total. The van der Waals surface area contributed by atoms with Crippen LogP contribution in [0.3, 0.4) is 0 Å². The van der Waals surface area contributed by atoms with Crippen LogP contribution in [0.15, 0.2) is 84.9 Å². The molecule has 0 unspecified atom stereocenters. The molecule has 4 aromatic rings. The van der Waals surface area contributed by atoms with E-state index in [0.29, 0.717) is 42.7 Å². The maximum Gasteiger partial charge on any atom is 0.338 e. The summed E-state index contributed by atoms with van der Waals surface area (Å²) in [4.78, 5) is 42.0. The molecule has 0 saturated heterocycles. The predicted octanol–water partition coefficient (Wildman–Crippen LogP) is 8.57. The van der Waals surface area contributed by atoms with E-state index in [2.05, 4.69) is 75.9 Å². The van der Waals surface area contributed by atoms with Crippen LogP contribution in [-0.2, 0) is 16.6 Å². The van der Waals surface area contributed by atoms with Crippen molar-refractivity contribution in [2.45, 2.75) is 59.8 Å². The van der Waals surface area contributed by atoms with Gasteiger partial charge in [0.25, 0.3) is 11.8 Å². The summed E-state index contributed by atoms with van der Waals surface area (Å²) in [5.74, 6) is -0.764. The number of aryl methyl sites for hydroxylation is 1. The first-order valence-corrected chi connectivity index (χ1v) is 16.3. The first kappa shape index (κ1) is 32.7. The number of imide groups is 1. The average molecular weight is 617 g/mol. The van der Waals surface area contributed by atoms with Gasteiger partial charge in [-0.05, 0) is 115 Å². The molecule has 0 saturated carbocycles. The molecule has 0 atom stereocenters. The maximum atomic E-state index is 13.0. The first-order chi connectivity index (χ1) is 22.1. The molecule has 5 rings (SSSR count). The molecule has 46 heavy (non-hydrogen) atoms. The van der Waals surface area contributed by atoms with Gasteiger partial charge in [-0.3, -0.25) is 14.5 Å². The number of carbonyl (C=O) groups is 3. The largest absolute Gasteiger partial charge is 0.462 e. The summed E-state index contributed by atoms with van der Waals surface area (Å²) in [7, 11) is 0. The van der Waals surface area contributed by atoms with Crippen LogP contribution in [0.1, 0.15) is 90.2 Å². The van der Waals surface area contributed by atoms with Crippen LogP contribution >= 0.6 is 0 Å². The van der Waals surface area contributed by atoms with Crippen LogP contribution in [0.4, 0.5) is 5.69 Å². The Bertz CT molecular complexity index is 1710. The zero-order valence-electron chi connectivity index (χ0n) is 27.9. The van der Waals surface area contributed by atoms with Crippen molar-refractivity contribution in [1.29, 1.82) is 0 Å². The molecular weight excluding hydrogens is 572 g/mol. The molecule has 0 bridgehead atoms. The SMILES string of the molecule is CCOC(=O)c1ccc(-c2ccc(CCCN3C(=O)c4ccccc4C3=O)c(-c3ccc(N(CC)CC)c(C(C)(C)C)c3)c2)cc1. The maximum absolute atomic E-state index is 13.0. The van der Waals surface area contributed by atoms with Crippen molar-refractivity contribution in [3.05, 3.63) is 113 Å². The first-order valence-electron chi connectivity index (χ1n) is 16.3. The van der Waals surface area contributed by atoms with Crippen molar-refractivity contribution >= 4 is 23.5 Å². The molecule has 2 amide bonds. The van der Waals surface area contributed by atoms with Gasteiger partial charge in [0.2, 0.25) is 0 Å². The van der Waals surface area contributed by atoms with Crippen molar-refractivity contribution in [1.82, 2.24) is 4.90 Å². The fraction of sp³-hybridized carbons (Fsp3) is 0.325. The zero-order chi connectivity index (χ0) is 33.0. The van der Waals surface area contributed by atoms with E-state index in [1.807, 2.05) is 12.1 Å². The Balaban J connectivity index is 1.50. The Hall–Kier alpha value is -4.71. The number of nitrogens with zero attached hydrogens (tertiary/aromatic N) is 2. The second-order valence-corrected chi connectivity index (χ2v) is 12.7. The third-order valence-corrected chi connectivity index (χ3v) is 8.76. The summed E-state index contributed by atoms with van der Waals surface area (Å²) < 4.78 is 5.17. The normalized spacial score (nSPS) is 12.8. The molecule has 0 spiro atoms. The van der Waals surface area contributed by atoms with Gasteiger partial charge < -0.3 is 9.64 Å². The van der Waals surface area contributed by atoms with Crippen LogP contribution in [0.2, 0.25) is 0 Å². The number of anilines is 1. The molecule has 6 nitrogen and oxygen atoms in total. The Labute approximate surface area is 273 Å². The quantitative estimate of drug-likeness (QED) is 0.125. The lowest BCUT2D eigenvalue weighted by Crippen LogP contribution is -2.31. The molecule has 0 aromatic heterocycles. The Morgan fingerprint density at radius 2 is 1.35 bits per heavy atom. The lowest BCUT2D eigenvalue weighted by atomic mass is 9.82. The molecule has 6 heteroatoms. The summed E-state index contributed by atoms with van der Waals surface area (Å²) in [5.41, 5.74) is 9.39. The number of rotatable bonds is 11. The van der Waals surface area contributed by atoms with E-state index in [1.165, 1.54) is 16.2 Å². The summed E-state index contributed by atoms with van der Waals surface area (Å²) in [6.45, 7) is 15.5. The van der Waals surface area contributed by atoms with Gasteiger partial charge in [-0.15, -0.1) is 0 Å². The molecular formula is C40H44N2O4. The number of hydrogen-bond acceptors (Lipinski definition) is 5. The standard InChI is InChI=1S/C40H44N2O4/c1-7-41(8-2)36-23-22-31(26-35(36)40(4,5)6)34-25-30(27-16-19-29(20-17-27)39(45)46-9-3)21-18-28(34)13-12-24-42-37(43)32-14-10-11-15-33(32)38(42)44/h10-11,14-23,25-26H,7-9,12-13,24H2,1-6H3. The minimum Gasteiger partial charge on any atom is -0.462 e. The highest BCUT2D eigenvalue weighted by molar-refractivity contribution is 6.21. The van der Waals surface area contributed by atoms with Crippen molar-refractivity contribution in [2.24, 2.45) is 0 Å². The summed E-state index contributed by atoms with van der Waals surface area (Å²) in [6, 6.07) is 27.8. The number of ether oxygens (including phenoxy) is 1. The Morgan fingerprint density at radius 3 is 1.93 bits per heavy atom. The highest BCUT2D eigenvalue weighted by Gasteiger charge is 2.34. The minimum atomic E-state index is -0.328. The highest BCUT2D eigenvalue weighted by atomic mass is 16.5. The lowest BCUT2D eigenvalue weighted by molar-refractivity contribution is 0.0525. The van der Waals surface area contributed by atoms with E-state index < -0.39 is 0 Å². The van der Waals surface area contributed by atoms with Gasteiger partial charge in [0, 0.05) is 25.3 Å². The van der Waals surface area contributed by atoms with Crippen LogP contribution in [-0.4, -0.2) is 48.9 Å². The number of carbonyl (C=O) groups excluding carboxylic acids is 3. The second-order valence-electron chi connectivity index (χ2n) is 12.7. The Morgan fingerprint density at radius 1 is 0.739 bits per heavy atom. The fourth-order valence-electron chi connectivity index (χ4n) is 6.27. The van der Waals surface area contributed by atoms with Crippen molar-refractivity contribution in [2.75, 3.05) is 31.1 Å². The third-order valence-electron chi connectivity index (χ3n) is 8.76. The third kappa shape index (κ3) is 6.62. The molecule has 1 aliphatic rings. The van der Waals surface area contributed by atoms with Gasteiger partial charge in [0.1, 0.15) is 0 Å². The summed E-state index contributed by atoms with van der Waals surface area (Å²) >= 11 is 0. The van der Waals surface area contributed by atoms with Crippen LogP contribution in [0, 0.1) is 0 Å². The van der Waals surface area contributed by atoms with E-state index in [0.717, 1.165) is 40.9 Å². The van der Waals surface area contributed by atoms with Crippen LogP contribution in [0.5, 0.6) is 0 Å². The number of esters is 1. The lowest BCUT2D eigenvalue weighted by Gasteiger charge is -2.31. The van der Waals surface area contributed by atoms with E-state index in [4.69, 9.17) is 4.74 Å². The zero-order valence-corrected chi connectivity index (χ0v) is 27.9. The Kier molecular flexibility index (Phi) is 9.76. The minimum absolute atomic E-state index is 0.0693. The predicted molar refractivity (Wildman–Crippen MR) is 186 cm³/mol. The van der Waals surface area contributed by atoms with E-state index >= 15 is 0 Å². The monoisotopic (exact) mass is 616 g/mol. The van der Waals surface area contributed by atoms with Gasteiger partial charge in [-0.25, -0.2) is 4.79 Å². The van der Waals surface area contributed by atoms with Gasteiger partial charge in [0.05, 0.1) is 23.3 Å². The molecule has 1 aliphatic heterocycles. The topological polar surface area (TPSA) is 66.9 Å². The molecule has 0 radical (unpaired) electrons. The smallest absolute Gasteiger partial charge is 0.338 e. The van der Waals surface area contributed by atoms with E-state index in [9.17, 15) is 14.4 Å². The van der Waals surface area contributed by atoms with Gasteiger partial charge >= 0.3 is 5.97 Å². The van der Waals surface area contributed by atoms with Crippen molar-refractivity contribution in [3.8, 4) is 22.3 Å². The molecule has 0 fully saturated rings. The molecule has 238 valence electrons. The van der Waals surface area contributed by atoms with Crippen LogP contribution in [0.25, 0.3) is 22.3 Å².